The predicted molar refractivity (Wildman–Crippen MR) is 78.1 cm³/mol. The summed E-state index contributed by atoms with van der Waals surface area (Å²) >= 11 is 0.758. The van der Waals surface area contributed by atoms with Crippen LogP contribution in [-0.4, -0.2) is 30.7 Å². The quantitative estimate of drug-likeness (QED) is 0.447. The summed E-state index contributed by atoms with van der Waals surface area (Å²) in [7, 11) is -3.74. The molecular formula is C10H18N4O4S2. The van der Waals surface area contributed by atoms with Crippen LogP contribution in [0, 0.1) is 16.0 Å². The molecule has 0 spiro atoms. The van der Waals surface area contributed by atoms with E-state index in [-0.39, 0.29) is 20.8 Å². The third kappa shape index (κ3) is 3.45. The standard InChI is InChI=1S/C10H18N4O4S2/c1-4-13(6-7(2)3)20(17,18)9-5-8(14(15)16)10(12-11)19-9/h5,7,12H,4,6,11H2,1-3H3. The zero-order valence-electron chi connectivity index (χ0n) is 11.5. The normalized spacial score (nSPS) is 12.1. The molecule has 0 aromatic carbocycles. The van der Waals surface area contributed by atoms with Crippen molar-refractivity contribution in [1.29, 1.82) is 0 Å². The molecule has 0 saturated carbocycles. The number of rotatable bonds is 7. The molecule has 0 bridgehead atoms. The molecule has 20 heavy (non-hydrogen) atoms. The van der Waals surface area contributed by atoms with Gasteiger partial charge in [0.1, 0.15) is 4.21 Å². The molecule has 0 aliphatic rings. The smallest absolute Gasteiger partial charge is 0.306 e. The van der Waals surface area contributed by atoms with Crippen molar-refractivity contribution in [3.63, 3.8) is 0 Å². The van der Waals surface area contributed by atoms with Crippen LogP contribution in [-0.2, 0) is 10.0 Å². The minimum Gasteiger partial charge on any atom is -0.310 e. The van der Waals surface area contributed by atoms with Crippen LogP contribution >= 0.6 is 11.3 Å². The largest absolute Gasteiger partial charge is 0.310 e. The van der Waals surface area contributed by atoms with Crippen molar-refractivity contribution in [1.82, 2.24) is 4.31 Å². The Morgan fingerprint density at radius 3 is 2.50 bits per heavy atom. The van der Waals surface area contributed by atoms with Crippen molar-refractivity contribution < 1.29 is 13.3 Å². The van der Waals surface area contributed by atoms with E-state index in [4.69, 9.17) is 5.84 Å². The van der Waals surface area contributed by atoms with Crippen LogP contribution in [0.3, 0.4) is 0 Å². The highest BCUT2D eigenvalue weighted by Crippen LogP contribution is 2.37. The summed E-state index contributed by atoms with van der Waals surface area (Å²) in [6, 6.07) is 1.04. The van der Waals surface area contributed by atoms with Gasteiger partial charge in [0.05, 0.1) is 4.92 Å². The number of sulfonamides is 1. The van der Waals surface area contributed by atoms with E-state index in [0.717, 1.165) is 17.4 Å². The second kappa shape index (κ2) is 6.48. The average Bonchev–Trinajstić information content (AvgIpc) is 2.80. The van der Waals surface area contributed by atoms with E-state index in [1.54, 1.807) is 6.92 Å². The molecular weight excluding hydrogens is 304 g/mol. The first-order valence-corrected chi connectivity index (χ1v) is 8.24. The van der Waals surface area contributed by atoms with Gasteiger partial charge in [0.2, 0.25) is 0 Å². The molecule has 8 nitrogen and oxygen atoms in total. The predicted octanol–water partition coefficient (Wildman–Crippen LogP) is 1.61. The molecule has 1 rings (SSSR count). The Hall–Kier alpha value is -1.23. The van der Waals surface area contributed by atoms with Crippen molar-refractivity contribution in [3.8, 4) is 0 Å². The molecule has 0 amide bonds. The van der Waals surface area contributed by atoms with Crippen LogP contribution in [0.25, 0.3) is 0 Å². The Bertz CT molecular complexity index is 582. The van der Waals surface area contributed by atoms with Gasteiger partial charge in [0.15, 0.2) is 5.00 Å². The maximum absolute atomic E-state index is 12.4. The average molecular weight is 322 g/mol. The van der Waals surface area contributed by atoms with Crippen molar-refractivity contribution in [2.24, 2.45) is 11.8 Å². The van der Waals surface area contributed by atoms with Crippen LogP contribution in [0.2, 0.25) is 0 Å². The molecule has 1 heterocycles. The lowest BCUT2D eigenvalue weighted by Gasteiger charge is -2.21. The number of nitrogens with two attached hydrogens (primary N) is 1. The number of nitrogens with zero attached hydrogens (tertiary/aromatic N) is 2. The van der Waals surface area contributed by atoms with Gasteiger partial charge in [0, 0.05) is 19.2 Å². The fourth-order valence-corrected chi connectivity index (χ4v) is 4.66. The van der Waals surface area contributed by atoms with Gasteiger partial charge in [-0.25, -0.2) is 14.3 Å². The summed E-state index contributed by atoms with van der Waals surface area (Å²) in [5.74, 6) is 5.34. The summed E-state index contributed by atoms with van der Waals surface area (Å²) in [5, 5.41) is 10.9. The number of thiophene rings is 1. The van der Waals surface area contributed by atoms with Crippen molar-refractivity contribution >= 4 is 32.0 Å². The monoisotopic (exact) mass is 322 g/mol. The van der Waals surface area contributed by atoms with E-state index < -0.39 is 14.9 Å². The van der Waals surface area contributed by atoms with Gasteiger partial charge in [-0.3, -0.25) is 10.1 Å². The number of anilines is 1. The first-order valence-electron chi connectivity index (χ1n) is 5.99. The highest BCUT2D eigenvalue weighted by Gasteiger charge is 2.30. The first kappa shape index (κ1) is 16.8. The summed E-state index contributed by atoms with van der Waals surface area (Å²) < 4.78 is 26.1. The fourth-order valence-electron chi connectivity index (χ4n) is 1.66. The summed E-state index contributed by atoms with van der Waals surface area (Å²) in [5.41, 5.74) is 1.82. The molecule has 0 unspecified atom stereocenters. The molecule has 0 radical (unpaired) electrons. The minimum atomic E-state index is -3.74. The fraction of sp³-hybridized carbons (Fsp3) is 0.600. The molecule has 10 heteroatoms. The number of hydrogen-bond acceptors (Lipinski definition) is 7. The van der Waals surface area contributed by atoms with Gasteiger partial charge in [-0.2, -0.15) is 4.31 Å². The zero-order chi connectivity index (χ0) is 15.5. The molecule has 1 aromatic heterocycles. The maximum atomic E-state index is 12.4. The SMILES string of the molecule is CCN(CC(C)C)S(=O)(=O)c1cc([N+](=O)[O-])c(NN)s1. The van der Waals surface area contributed by atoms with Crippen molar-refractivity contribution in [2.45, 2.75) is 25.0 Å². The van der Waals surface area contributed by atoms with Gasteiger partial charge < -0.3 is 5.43 Å². The van der Waals surface area contributed by atoms with E-state index >= 15 is 0 Å². The third-order valence-corrected chi connectivity index (χ3v) is 5.98. The topological polar surface area (TPSA) is 119 Å². The Kier molecular flexibility index (Phi) is 5.45. The Labute approximate surface area is 121 Å². The Morgan fingerprint density at radius 1 is 1.55 bits per heavy atom. The lowest BCUT2D eigenvalue weighted by Crippen LogP contribution is -2.33. The molecule has 0 aliphatic heterocycles. The molecule has 0 aliphatic carbocycles. The summed E-state index contributed by atoms with van der Waals surface area (Å²) in [4.78, 5) is 10.2. The molecule has 0 saturated heterocycles. The molecule has 1 aromatic rings. The van der Waals surface area contributed by atoms with Crippen LogP contribution in [0.15, 0.2) is 10.3 Å². The van der Waals surface area contributed by atoms with Crippen LogP contribution in [0.4, 0.5) is 10.7 Å². The summed E-state index contributed by atoms with van der Waals surface area (Å²) in [6.45, 7) is 6.20. The minimum absolute atomic E-state index is 0.0224. The number of nitrogens with one attached hydrogen (secondary N) is 1. The number of hydrazine groups is 1. The van der Waals surface area contributed by atoms with E-state index in [2.05, 4.69) is 5.43 Å². The van der Waals surface area contributed by atoms with Crippen molar-refractivity contribution in [3.05, 3.63) is 16.2 Å². The van der Waals surface area contributed by atoms with Gasteiger partial charge in [-0.15, -0.1) is 0 Å². The number of hydrogen-bond donors (Lipinski definition) is 2. The van der Waals surface area contributed by atoms with E-state index in [1.165, 1.54) is 4.31 Å². The van der Waals surface area contributed by atoms with Gasteiger partial charge in [-0.1, -0.05) is 32.1 Å². The third-order valence-electron chi connectivity index (χ3n) is 2.53. The number of nitrogen functional groups attached to an aromatic ring is 1. The zero-order valence-corrected chi connectivity index (χ0v) is 13.1. The van der Waals surface area contributed by atoms with E-state index in [9.17, 15) is 18.5 Å². The molecule has 3 N–H and O–H groups in total. The Balaban J connectivity index is 3.24. The lowest BCUT2D eigenvalue weighted by molar-refractivity contribution is -0.383. The number of nitro groups is 1. The second-order valence-corrected chi connectivity index (χ2v) is 7.75. The second-order valence-electron chi connectivity index (χ2n) is 4.53. The first-order chi connectivity index (χ1) is 9.23. The molecule has 0 atom stereocenters. The molecule has 0 fully saturated rings. The highest BCUT2D eigenvalue weighted by molar-refractivity contribution is 7.91. The van der Waals surface area contributed by atoms with Crippen molar-refractivity contribution in [2.75, 3.05) is 18.5 Å². The van der Waals surface area contributed by atoms with E-state index in [1.807, 2.05) is 13.8 Å². The van der Waals surface area contributed by atoms with Crippen LogP contribution in [0.5, 0.6) is 0 Å². The van der Waals surface area contributed by atoms with Crippen LogP contribution in [0.1, 0.15) is 20.8 Å². The molecule has 114 valence electrons. The van der Waals surface area contributed by atoms with Crippen LogP contribution < -0.4 is 11.3 Å². The summed E-state index contributed by atoms with van der Waals surface area (Å²) in [6.07, 6.45) is 0. The Morgan fingerprint density at radius 2 is 2.15 bits per heavy atom. The van der Waals surface area contributed by atoms with E-state index in [0.29, 0.717) is 13.1 Å². The van der Waals surface area contributed by atoms with Gasteiger partial charge in [0.25, 0.3) is 10.0 Å². The van der Waals surface area contributed by atoms with Gasteiger partial charge >= 0.3 is 5.69 Å². The van der Waals surface area contributed by atoms with Gasteiger partial charge in [-0.05, 0) is 5.92 Å². The maximum Gasteiger partial charge on any atom is 0.306 e. The lowest BCUT2D eigenvalue weighted by atomic mass is 10.2. The highest BCUT2D eigenvalue weighted by atomic mass is 32.2.